The number of fused-ring (bicyclic) bond motifs is 1. The van der Waals surface area contributed by atoms with Gasteiger partial charge in [0, 0.05) is 29.9 Å². The average Bonchev–Trinajstić information content (AvgIpc) is 3.26. The number of aliphatic hydroxyl groups excluding tert-OH is 1. The van der Waals surface area contributed by atoms with Crippen LogP contribution in [-0.2, 0) is 4.74 Å². The Morgan fingerprint density at radius 3 is 2.67 bits per heavy atom. The minimum atomic E-state index is -0.101. The van der Waals surface area contributed by atoms with E-state index in [9.17, 15) is 5.11 Å². The van der Waals surface area contributed by atoms with Gasteiger partial charge in [-0.2, -0.15) is 0 Å². The van der Waals surface area contributed by atoms with Crippen LogP contribution in [0, 0.1) is 0 Å². The molecule has 0 aliphatic carbocycles. The number of anilines is 1. The smallest absolute Gasteiger partial charge is 0.150 e. The Morgan fingerprint density at radius 2 is 1.94 bits per heavy atom. The maximum absolute atomic E-state index is 9.36. The van der Waals surface area contributed by atoms with Crippen LogP contribution in [0.1, 0.15) is 24.6 Å². The standard InChI is InChI=1S/C25H26N4O4/c1-31-19-3-2-4-20(13-19)33-18-8-5-16(6-9-18)22-23-24(26)27-11-12-29(23)25(28-22)17-7-10-21(14-30)32-15-17/h2-6,8-9,11-13,17,21,30H,7,10,14-15H2,1H3,(H2,26,27). The first kappa shape index (κ1) is 21.2. The summed E-state index contributed by atoms with van der Waals surface area (Å²) >= 11 is 0. The fraction of sp³-hybridized carbons (Fsp3) is 0.280. The Kier molecular flexibility index (Phi) is 5.85. The van der Waals surface area contributed by atoms with Crippen LogP contribution in [-0.4, -0.2) is 45.9 Å². The number of hydrogen-bond donors (Lipinski definition) is 2. The van der Waals surface area contributed by atoms with Crippen LogP contribution in [0.2, 0.25) is 0 Å². The average molecular weight is 447 g/mol. The van der Waals surface area contributed by atoms with E-state index in [1.165, 1.54) is 0 Å². The SMILES string of the molecule is COc1cccc(Oc2ccc(-c3nc(C4CCC(CO)OC4)n4ccnc(N)c34)cc2)c1. The summed E-state index contributed by atoms with van der Waals surface area (Å²) < 4.78 is 19.0. The molecule has 170 valence electrons. The van der Waals surface area contributed by atoms with Crippen LogP contribution in [0.25, 0.3) is 16.8 Å². The lowest BCUT2D eigenvalue weighted by Crippen LogP contribution is -2.28. The Balaban J connectivity index is 1.46. The van der Waals surface area contributed by atoms with Gasteiger partial charge in [0.2, 0.25) is 0 Å². The summed E-state index contributed by atoms with van der Waals surface area (Å²) in [4.78, 5) is 9.26. The Bertz CT molecular complexity index is 1250. The second-order valence-electron chi connectivity index (χ2n) is 8.07. The summed E-state index contributed by atoms with van der Waals surface area (Å²) in [5.74, 6) is 3.57. The summed E-state index contributed by atoms with van der Waals surface area (Å²) in [7, 11) is 1.63. The van der Waals surface area contributed by atoms with Crippen molar-refractivity contribution in [2.45, 2.75) is 24.9 Å². The lowest BCUT2D eigenvalue weighted by Gasteiger charge is -2.27. The second kappa shape index (κ2) is 9.09. The zero-order valence-corrected chi connectivity index (χ0v) is 18.3. The number of nitrogens with zero attached hydrogens (tertiary/aromatic N) is 3. The van der Waals surface area contributed by atoms with E-state index in [2.05, 4.69) is 4.98 Å². The molecule has 8 nitrogen and oxygen atoms in total. The number of benzene rings is 2. The van der Waals surface area contributed by atoms with Gasteiger partial charge in [0.25, 0.3) is 0 Å². The lowest BCUT2D eigenvalue weighted by molar-refractivity contribution is -0.0282. The molecule has 1 aliphatic heterocycles. The largest absolute Gasteiger partial charge is 0.497 e. The van der Waals surface area contributed by atoms with Gasteiger partial charge in [-0.1, -0.05) is 6.07 Å². The van der Waals surface area contributed by atoms with E-state index in [4.69, 9.17) is 24.9 Å². The molecule has 0 radical (unpaired) electrons. The highest BCUT2D eigenvalue weighted by atomic mass is 16.5. The van der Waals surface area contributed by atoms with Crippen LogP contribution in [0.4, 0.5) is 5.82 Å². The monoisotopic (exact) mass is 446 g/mol. The topological polar surface area (TPSA) is 104 Å². The van der Waals surface area contributed by atoms with Crippen molar-refractivity contribution in [2.75, 3.05) is 26.1 Å². The minimum absolute atomic E-state index is 0.0430. The van der Waals surface area contributed by atoms with E-state index in [0.717, 1.165) is 41.2 Å². The highest BCUT2D eigenvalue weighted by Gasteiger charge is 2.27. The van der Waals surface area contributed by atoms with Gasteiger partial charge in [0.1, 0.15) is 40.1 Å². The van der Waals surface area contributed by atoms with Crippen LogP contribution >= 0.6 is 0 Å². The van der Waals surface area contributed by atoms with Gasteiger partial charge in [-0.3, -0.25) is 4.40 Å². The first-order valence-electron chi connectivity index (χ1n) is 10.9. The normalized spacial score (nSPS) is 18.4. The molecule has 2 aromatic carbocycles. The predicted octanol–water partition coefficient (Wildman–Crippen LogP) is 4.03. The lowest BCUT2D eigenvalue weighted by atomic mass is 9.98. The molecule has 8 heteroatoms. The number of rotatable bonds is 6. The molecule has 1 fully saturated rings. The third-order valence-corrected chi connectivity index (χ3v) is 5.95. The number of ether oxygens (including phenoxy) is 3. The van der Waals surface area contributed by atoms with Crippen LogP contribution < -0.4 is 15.2 Å². The van der Waals surface area contributed by atoms with E-state index >= 15 is 0 Å². The number of aliphatic hydroxyl groups is 1. The van der Waals surface area contributed by atoms with Crippen molar-refractivity contribution >= 4 is 11.3 Å². The van der Waals surface area contributed by atoms with E-state index in [-0.39, 0.29) is 18.6 Å². The molecule has 2 unspecified atom stereocenters. The van der Waals surface area contributed by atoms with Crippen molar-refractivity contribution < 1.29 is 19.3 Å². The van der Waals surface area contributed by atoms with Crippen molar-refractivity contribution in [1.82, 2.24) is 14.4 Å². The fourth-order valence-corrected chi connectivity index (χ4v) is 4.21. The van der Waals surface area contributed by atoms with Crippen molar-refractivity contribution in [3.63, 3.8) is 0 Å². The van der Waals surface area contributed by atoms with E-state index in [1.54, 1.807) is 13.3 Å². The van der Waals surface area contributed by atoms with Crippen molar-refractivity contribution in [3.05, 3.63) is 66.7 Å². The first-order valence-corrected chi connectivity index (χ1v) is 10.9. The highest BCUT2D eigenvalue weighted by Crippen LogP contribution is 2.35. The molecule has 3 N–H and O–H groups in total. The molecule has 3 heterocycles. The quantitative estimate of drug-likeness (QED) is 0.461. The molecule has 2 aromatic heterocycles. The second-order valence-corrected chi connectivity index (χ2v) is 8.07. The third kappa shape index (κ3) is 4.22. The molecular formula is C25H26N4O4. The summed E-state index contributed by atoms with van der Waals surface area (Å²) in [6.45, 7) is 0.556. The van der Waals surface area contributed by atoms with Gasteiger partial charge in [0.15, 0.2) is 0 Å². The molecule has 33 heavy (non-hydrogen) atoms. The van der Waals surface area contributed by atoms with Gasteiger partial charge >= 0.3 is 0 Å². The van der Waals surface area contributed by atoms with Crippen molar-refractivity contribution in [3.8, 4) is 28.5 Å². The molecule has 2 atom stereocenters. The molecule has 1 aliphatic rings. The zero-order valence-electron chi connectivity index (χ0n) is 18.3. The highest BCUT2D eigenvalue weighted by molar-refractivity contribution is 5.85. The van der Waals surface area contributed by atoms with Gasteiger partial charge in [-0.25, -0.2) is 9.97 Å². The molecule has 5 rings (SSSR count). The Labute approximate surface area is 191 Å². The van der Waals surface area contributed by atoms with E-state index in [0.29, 0.717) is 23.9 Å². The number of nitrogen functional groups attached to an aromatic ring is 1. The van der Waals surface area contributed by atoms with Crippen LogP contribution in [0.5, 0.6) is 17.2 Å². The summed E-state index contributed by atoms with van der Waals surface area (Å²) in [6.07, 6.45) is 5.15. The molecule has 4 aromatic rings. The Hall–Kier alpha value is -3.62. The molecule has 0 bridgehead atoms. The van der Waals surface area contributed by atoms with Gasteiger partial charge < -0.3 is 25.1 Å². The molecule has 1 saturated heterocycles. The zero-order chi connectivity index (χ0) is 22.8. The minimum Gasteiger partial charge on any atom is -0.497 e. The van der Waals surface area contributed by atoms with Crippen LogP contribution in [0.3, 0.4) is 0 Å². The third-order valence-electron chi connectivity index (χ3n) is 5.95. The van der Waals surface area contributed by atoms with Crippen molar-refractivity contribution in [1.29, 1.82) is 0 Å². The van der Waals surface area contributed by atoms with Gasteiger partial charge in [0.05, 0.1) is 26.4 Å². The number of imidazole rings is 1. The summed E-state index contributed by atoms with van der Waals surface area (Å²) in [5, 5.41) is 9.36. The van der Waals surface area contributed by atoms with E-state index in [1.807, 2.05) is 59.1 Å². The molecule has 0 spiro atoms. The van der Waals surface area contributed by atoms with Gasteiger partial charge in [-0.05, 0) is 49.2 Å². The molecular weight excluding hydrogens is 420 g/mol. The van der Waals surface area contributed by atoms with Crippen LogP contribution in [0.15, 0.2) is 60.9 Å². The molecule has 0 saturated carbocycles. The van der Waals surface area contributed by atoms with E-state index < -0.39 is 0 Å². The number of aromatic nitrogens is 3. The number of hydrogen-bond acceptors (Lipinski definition) is 7. The summed E-state index contributed by atoms with van der Waals surface area (Å²) in [5.41, 5.74) is 8.73. The fourth-order valence-electron chi connectivity index (χ4n) is 4.21. The maximum atomic E-state index is 9.36. The van der Waals surface area contributed by atoms with Gasteiger partial charge in [-0.15, -0.1) is 0 Å². The Morgan fingerprint density at radius 1 is 1.12 bits per heavy atom. The first-order chi connectivity index (χ1) is 16.2. The molecule has 0 amide bonds. The number of methoxy groups -OCH3 is 1. The van der Waals surface area contributed by atoms with Crippen molar-refractivity contribution in [2.24, 2.45) is 0 Å². The summed E-state index contributed by atoms with van der Waals surface area (Å²) in [6, 6.07) is 15.2. The number of nitrogens with two attached hydrogens (primary N) is 1. The predicted molar refractivity (Wildman–Crippen MR) is 125 cm³/mol. The maximum Gasteiger partial charge on any atom is 0.150 e.